The molecule has 1 aromatic heterocycles. The molecule has 0 saturated carbocycles. The Labute approximate surface area is 124 Å². The third-order valence-electron chi connectivity index (χ3n) is 3.69. The molecule has 0 atom stereocenters. The Hall–Kier alpha value is -1.86. The summed E-state index contributed by atoms with van der Waals surface area (Å²) in [5.74, 6) is 0. The van der Waals surface area contributed by atoms with E-state index in [1.165, 1.54) is 9.87 Å². The largest absolute Gasteiger partial charge is 0.385 e. The van der Waals surface area contributed by atoms with Gasteiger partial charge in [0.25, 0.3) is 0 Å². The zero-order valence-electron chi connectivity index (χ0n) is 11.8. The second kappa shape index (κ2) is 5.50. The summed E-state index contributed by atoms with van der Waals surface area (Å²) < 4.78 is 26.6. The summed E-state index contributed by atoms with van der Waals surface area (Å²) in [6.07, 6.45) is 5.40. The van der Waals surface area contributed by atoms with E-state index in [0.29, 0.717) is 11.4 Å². The van der Waals surface area contributed by atoms with Gasteiger partial charge in [-0.05, 0) is 30.5 Å². The Kier molecular flexibility index (Phi) is 3.69. The maximum Gasteiger partial charge on any atom is 0.243 e. The van der Waals surface area contributed by atoms with E-state index in [0.717, 1.165) is 30.6 Å². The maximum absolute atomic E-state index is 12.6. The Bertz CT molecular complexity index is 725. The van der Waals surface area contributed by atoms with Crippen LogP contribution in [0.15, 0.2) is 35.5 Å². The third-order valence-corrected chi connectivity index (χ3v) is 5.49. The quantitative estimate of drug-likeness (QED) is 0.899. The SMILES string of the molecule is CN(Cc1cn[nH]c1)S(=O)(=O)c1ccc2c(c1)NCCC2. The number of rotatable bonds is 4. The van der Waals surface area contributed by atoms with Crippen LogP contribution < -0.4 is 5.32 Å². The molecule has 1 aliphatic heterocycles. The first-order chi connectivity index (χ1) is 10.1. The van der Waals surface area contributed by atoms with Gasteiger partial charge in [0, 0.05) is 37.6 Å². The lowest BCUT2D eigenvalue weighted by Crippen LogP contribution is -2.26. The van der Waals surface area contributed by atoms with Gasteiger partial charge in [-0.2, -0.15) is 9.40 Å². The van der Waals surface area contributed by atoms with Crippen LogP contribution in [0.3, 0.4) is 0 Å². The van der Waals surface area contributed by atoms with Crippen molar-refractivity contribution in [3.05, 3.63) is 41.7 Å². The summed E-state index contributed by atoms with van der Waals surface area (Å²) >= 11 is 0. The third kappa shape index (κ3) is 2.79. The van der Waals surface area contributed by atoms with Crippen LogP contribution >= 0.6 is 0 Å². The van der Waals surface area contributed by atoms with Gasteiger partial charge in [0.15, 0.2) is 0 Å². The van der Waals surface area contributed by atoms with Crippen molar-refractivity contribution in [2.75, 3.05) is 18.9 Å². The molecular formula is C14H18N4O2S. The Morgan fingerprint density at radius 3 is 3.00 bits per heavy atom. The van der Waals surface area contributed by atoms with Crippen molar-refractivity contribution in [3.63, 3.8) is 0 Å². The van der Waals surface area contributed by atoms with Gasteiger partial charge in [0.1, 0.15) is 0 Å². The predicted octanol–water partition coefficient (Wildman–Crippen LogP) is 1.59. The molecule has 1 aliphatic rings. The lowest BCUT2D eigenvalue weighted by Gasteiger charge is -2.21. The molecule has 112 valence electrons. The number of hydrogen-bond donors (Lipinski definition) is 2. The Morgan fingerprint density at radius 1 is 1.38 bits per heavy atom. The van der Waals surface area contributed by atoms with Crippen molar-refractivity contribution < 1.29 is 8.42 Å². The van der Waals surface area contributed by atoms with Crippen molar-refractivity contribution in [2.45, 2.75) is 24.3 Å². The summed E-state index contributed by atoms with van der Waals surface area (Å²) in [4.78, 5) is 0.321. The van der Waals surface area contributed by atoms with Gasteiger partial charge >= 0.3 is 0 Å². The average molecular weight is 306 g/mol. The van der Waals surface area contributed by atoms with E-state index in [9.17, 15) is 8.42 Å². The number of sulfonamides is 1. The van der Waals surface area contributed by atoms with Crippen LogP contribution in [0.5, 0.6) is 0 Å². The van der Waals surface area contributed by atoms with Crippen molar-refractivity contribution in [2.24, 2.45) is 0 Å². The second-order valence-corrected chi connectivity index (χ2v) is 7.26. The zero-order valence-corrected chi connectivity index (χ0v) is 12.7. The molecule has 7 heteroatoms. The number of H-pyrrole nitrogens is 1. The molecule has 0 bridgehead atoms. The van der Waals surface area contributed by atoms with Crippen LogP contribution in [0.4, 0.5) is 5.69 Å². The molecule has 0 radical (unpaired) electrons. The first-order valence-corrected chi connectivity index (χ1v) is 8.32. The van der Waals surface area contributed by atoms with E-state index in [2.05, 4.69) is 15.5 Å². The Balaban J connectivity index is 1.87. The molecule has 0 unspecified atom stereocenters. The fourth-order valence-electron chi connectivity index (χ4n) is 2.49. The molecule has 0 amide bonds. The van der Waals surface area contributed by atoms with Gasteiger partial charge in [-0.1, -0.05) is 6.07 Å². The second-order valence-electron chi connectivity index (χ2n) is 5.22. The fourth-order valence-corrected chi connectivity index (χ4v) is 3.67. The Morgan fingerprint density at radius 2 is 2.24 bits per heavy atom. The van der Waals surface area contributed by atoms with Gasteiger partial charge in [-0.3, -0.25) is 5.10 Å². The summed E-state index contributed by atoms with van der Waals surface area (Å²) in [5, 5.41) is 9.78. The molecule has 0 saturated heterocycles. The van der Waals surface area contributed by atoms with E-state index >= 15 is 0 Å². The molecule has 21 heavy (non-hydrogen) atoms. The number of benzene rings is 1. The molecule has 0 fully saturated rings. The monoisotopic (exact) mass is 306 g/mol. The van der Waals surface area contributed by atoms with E-state index in [-0.39, 0.29) is 0 Å². The smallest absolute Gasteiger partial charge is 0.243 e. The summed E-state index contributed by atoms with van der Waals surface area (Å²) in [6.45, 7) is 1.19. The molecule has 2 heterocycles. The highest BCUT2D eigenvalue weighted by Gasteiger charge is 2.22. The van der Waals surface area contributed by atoms with E-state index < -0.39 is 10.0 Å². The van der Waals surface area contributed by atoms with Gasteiger partial charge in [0.05, 0.1) is 11.1 Å². The lowest BCUT2D eigenvalue weighted by atomic mass is 10.0. The molecule has 2 N–H and O–H groups in total. The van der Waals surface area contributed by atoms with Crippen LogP contribution in [0, 0.1) is 0 Å². The van der Waals surface area contributed by atoms with Gasteiger partial charge < -0.3 is 5.32 Å². The number of aromatic amines is 1. The number of nitrogens with zero attached hydrogens (tertiary/aromatic N) is 2. The molecule has 0 spiro atoms. The number of aryl methyl sites for hydroxylation is 1. The van der Waals surface area contributed by atoms with Crippen LogP contribution in [0.2, 0.25) is 0 Å². The van der Waals surface area contributed by atoms with Crippen molar-refractivity contribution >= 4 is 15.7 Å². The molecule has 0 aliphatic carbocycles. The lowest BCUT2D eigenvalue weighted by molar-refractivity contribution is 0.467. The average Bonchev–Trinajstić information content (AvgIpc) is 2.99. The summed E-state index contributed by atoms with van der Waals surface area (Å²) in [5.41, 5.74) is 2.94. The highest BCUT2D eigenvalue weighted by molar-refractivity contribution is 7.89. The van der Waals surface area contributed by atoms with Crippen molar-refractivity contribution in [3.8, 4) is 0 Å². The van der Waals surface area contributed by atoms with Crippen molar-refractivity contribution in [1.82, 2.24) is 14.5 Å². The van der Waals surface area contributed by atoms with Gasteiger partial charge in [-0.25, -0.2) is 8.42 Å². The summed E-state index contributed by atoms with van der Waals surface area (Å²) in [7, 11) is -1.92. The minimum absolute atomic E-state index is 0.295. The highest BCUT2D eigenvalue weighted by Crippen LogP contribution is 2.26. The number of aromatic nitrogens is 2. The zero-order chi connectivity index (χ0) is 14.9. The number of hydrogen-bond acceptors (Lipinski definition) is 4. The van der Waals surface area contributed by atoms with Crippen LogP contribution in [0.25, 0.3) is 0 Å². The highest BCUT2D eigenvalue weighted by atomic mass is 32.2. The topological polar surface area (TPSA) is 78.1 Å². The molecular weight excluding hydrogens is 288 g/mol. The normalized spacial score (nSPS) is 14.8. The van der Waals surface area contributed by atoms with Crippen LogP contribution in [-0.4, -0.2) is 36.5 Å². The van der Waals surface area contributed by atoms with E-state index in [1.54, 1.807) is 31.6 Å². The minimum atomic E-state index is -3.50. The molecule has 3 rings (SSSR count). The standard InChI is InChI=1S/C14H18N4O2S/c1-18(10-11-8-16-17-9-11)21(19,20)13-5-4-12-3-2-6-15-14(12)7-13/h4-5,7-9,15H,2-3,6,10H2,1H3,(H,16,17). The van der Waals surface area contributed by atoms with Crippen molar-refractivity contribution in [1.29, 1.82) is 0 Å². The van der Waals surface area contributed by atoms with Gasteiger partial charge in [-0.15, -0.1) is 0 Å². The molecule has 6 nitrogen and oxygen atoms in total. The first kappa shape index (κ1) is 14.1. The van der Waals surface area contributed by atoms with E-state index in [1.807, 2.05) is 6.07 Å². The fraction of sp³-hybridized carbons (Fsp3) is 0.357. The minimum Gasteiger partial charge on any atom is -0.385 e. The maximum atomic E-state index is 12.6. The molecule has 2 aromatic rings. The number of nitrogens with one attached hydrogen (secondary N) is 2. The summed E-state index contributed by atoms with van der Waals surface area (Å²) in [6, 6.07) is 5.32. The first-order valence-electron chi connectivity index (χ1n) is 6.88. The van der Waals surface area contributed by atoms with Gasteiger partial charge in [0.2, 0.25) is 10.0 Å². The van der Waals surface area contributed by atoms with E-state index in [4.69, 9.17) is 0 Å². The van der Waals surface area contributed by atoms with Crippen LogP contribution in [0.1, 0.15) is 17.5 Å². The number of fused-ring (bicyclic) bond motifs is 1. The predicted molar refractivity (Wildman–Crippen MR) is 80.5 cm³/mol. The molecule has 1 aromatic carbocycles. The van der Waals surface area contributed by atoms with Crippen LogP contribution in [-0.2, 0) is 23.0 Å². The number of anilines is 1.